The van der Waals surface area contributed by atoms with Crippen molar-refractivity contribution in [3.05, 3.63) is 0 Å². The van der Waals surface area contributed by atoms with E-state index in [9.17, 15) is 13.6 Å². The van der Waals surface area contributed by atoms with Gasteiger partial charge in [-0.05, 0) is 19.4 Å². The highest BCUT2D eigenvalue weighted by Gasteiger charge is 2.42. The minimum atomic E-state index is -2.67. The van der Waals surface area contributed by atoms with Crippen LogP contribution in [-0.4, -0.2) is 42.4 Å². The number of alkyl halides is 2. The second kappa shape index (κ2) is 3.46. The van der Waals surface area contributed by atoms with E-state index in [2.05, 4.69) is 5.32 Å². The summed E-state index contributed by atoms with van der Waals surface area (Å²) in [6, 6.07) is -0.219. The lowest BCUT2D eigenvalue weighted by Crippen LogP contribution is -2.43. The summed E-state index contributed by atoms with van der Waals surface area (Å²) >= 11 is 0. The molecule has 2 rings (SSSR count). The van der Waals surface area contributed by atoms with Crippen molar-refractivity contribution in [3.8, 4) is 0 Å². The molecule has 0 unspecified atom stereocenters. The smallest absolute Gasteiger partial charge is 0.267 e. The summed E-state index contributed by atoms with van der Waals surface area (Å²) < 4.78 is 25.7. The Morgan fingerprint density at radius 3 is 2.79 bits per heavy atom. The first-order valence-corrected chi connectivity index (χ1v) is 4.98. The fourth-order valence-corrected chi connectivity index (χ4v) is 2.04. The van der Waals surface area contributed by atoms with E-state index in [0.717, 1.165) is 19.4 Å². The SMILES string of the molecule is O=C([C@@H]1CCCN1)N1CCC(F)(F)C1. The van der Waals surface area contributed by atoms with Crippen LogP contribution in [0.3, 0.4) is 0 Å². The number of nitrogens with zero attached hydrogens (tertiary/aromatic N) is 1. The molecule has 2 saturated heterocycles. The molecule has 1 atom stereocenters. The molecule has 0 aliphatic carbocycles. The van der Waals surface area contributed by atoms with E-state index in [1.54, 1.807) is 0 Å². The average molecular weight is 204 g/mol. The van der Waals surface area contributed by atoms with Crippen LogP contribution in [0.5, 0.6) is 0 Å². The Hall–Kier alpha value is -0.710. The summed E-state index contributed by atoms with van der Waals surface area (Å²) in [6.45, 7) is 0.620. The molecule has 2 aliphatic heterocycles. The average Bonchev–Trinajstić information content (AvgIpc) is 2.72. The molecule has 0 bridgehead atoms. The maximum absolute atomic E-state index is 12.8. The molecule has 0 aromatic carbocycles. The van der Waals surface area contributed by atoms with Crippen LogP contribution in [0.2, 0.25) is 0 Å². The zero-order valence-corrected chi connectivity index (χ0v) is 7.93. The van der Waals surface area contributed by atoms with E-state index in [-0.39, 0.29) is 24.9 Å². The number of likely N-dealkylation sites (tertiary alicyclic amines) is 1. The van der Waals surface area contributed by atoms with Gasteiger partial charge in [0.05, 0.1) is 12.6 Å². The van der Waals surface area contributed by atoms with Crippen LogP contribution in [0.15, 0.2) is 0 Å². The van der Waals surface area contributed by atoms with Gasteiger partial charge in [0.1, 0.15) is 0 Å². The van der Waals surface area contributed by atoms with Gasteiger partial charge in [-0.25, -0.2) is 8.78 Å². The van der Waals surface area contributed by atoms with E-state index in [4.69, 9.17) is 0 Å². The summed E-state index contributed by atoms with van der Waals surface area (Å²) in [5.41, 5.74) is 0. The van der Waals surface area contributed by atoms with Crippen LogP contribution in [0, 0.1) is 0 Å². The first-order chi connectivity index (χ1) is 6.58. The molecule has 80 valence electrons. The molecule has 0 aromatic rings. The van der Waals surface area contributed by atoms with Crippen molar-refractivity contribution < 1.29 is 13.6 Å². The molecule has 5 heteroatoms. The first-order valence-electron chi connectivity index (χ1n) is 4.98. The number of nitrogens with one attached hydrogen (secondary N) is 1. The minimum absolute atomic E-state index is 0.153. The Labute approximate surface area is 81.4 Å². The van der Waals surface area contributed by atoms with Crippen molar-refractivity contribution >= 4 is 5.91 Å². The summed E-state index contributed by atoms with van der Waals surface area (Å²) in [4.78, 5) is 12.9. The number of hydrogen-bond acceptors (Lipinski definition) is 2. The normalized spacial score (nSPS) is 31.0. The van der Waals surface area contributed by atoms with Crippen molar-refractivity contribution in [2.75, 3.05) is 19.6 Å². The number of carbonyl (C=O) groups is 1. The van der Waals surface area contributed by atoms with Gasteiger partial charge in [0.2, 0.25) is 5.91 Å². The third-order valence-electron chi connectivity index (χ3n) is 2.84. The molecule has 1 N–H and O–H groups in total. The van der Waals surface area contributed by atoms with Crippen molar-refractivity contribution in [3.63, 3.8) is 0 Å². The molecule has 14 heavy (non-hydrogen) atoms. The maximum Gasteiger partial charge on any atom is 0.267 e. The van der Waals surface area contributed by atoms with Crippen molar-refractivity contribution in [2.45, 2.75) is 31.2 Å². The van der Waals surface area contributed by atoms with Crippen LogP contribution in [0.1, 0.15) is 19.3 Å². The highest BCUT2D eigenvalue weighted by Crippen LogP contribution is 2.27. The molecule has 2 heterocycles. The lowest BCUT2D eigenvalue weighted by atomic mass is 10.2. The third-order valence-corrected chi connectivity index (χ3v) is 2.84. The molecule has 1 amide bonds. The van der Waals surface area contributed by atoms with E-state index in [1.807, 2.05) is 0 Å². The third kappa shape index (κ3) is 1.87. The van der Waals surface area contributed by atoms with Gasteiger partial charge in [0, 0.05) is 13.0 Å². The molecule has 3 nitrogen and oxygen atoms in total. The van der Waals surface area contributed by atoms with Gasteiger partial charge in [-0.1, -0.05) is 0 Å². The van der Waals surface area contributed by atoms with Gasteiger partial charge in [0.25, 0.3) is 5.92 Å². The van der Waals surface area contributed by atoms with E-state index in [0.29, 0.717) is 0 Å². The van der Waals surface area contributed by atoms with Crippen molar-refractivity contribution in [1.29, 1.82) is 0 Å². The van der Waals surface area contributed by atoms with Crippen molar-refractivity contribution in [1.82, 2.24) is 10.2 Å². The second-order valence-electron chi connectivity index (χ2n) is 4.01. The van der Waals surface area contributed by atoms with E-state index in [1.165, 1.54) is 4.90 Å². The van der Waals surface area contributed by atoms with Crippen LogP contribution in [0.25, 0.3) is 0 Å². The van der Waals surface area contributed by atoms with Crippen LogP contribution < -0.4 is 5.32 Å². The second-order valence-corrected chi connectivity index (χ2v) is 4.01. The number of rotatable bonds is 1. The number of halogens is 2. The minimum Gasteiger partial charge on any atom is -0.335 e. The molecule has 2 aliphatic rings. The summed E-state index contributed by atoms with van der Waals surface area (Å²) in [5, 5.41) is 3.02. The monoisotopic (exact) mass is 204 g/mol. The lowest BCUT2D eigenvalue weighted by molar-refractivity contribution is -0.133. The maximum atomic E-state index is 12.8. The Morgan fingerprint density at radius 2 is 2.29 bits per heavy atom. The largest absolute Gasteiger partial charge is 0.335 e. The molecule has 2 fully saturated rings. The molecule has 0 radical (unpaired) electrons. The van der Waals surface area contributed by atoms with Crippen LogP contribution >= 0.6 is 0 Å². The fourth-order valence-electron chi connectivity index (χ4n) is 2.04. The highest BCUT2D eigenvalue weighted by molar-refractivity contribution is 5.82. The molecular formula is C9H14F2N2O. The number of carbonyl (C=O) groups excluding carboxylic acids is 1. The van der Waals surface area contributed by atoms with Crippen LogP contribution in [0.4, 0.5) is 8.78 Å². The van der Waals surface area contributed by atoms with Gasteiger partial charge in [0.15, 0.2) is 0 Å². The van der Waals surface area contributed by atoms with Gasteiger partial charge in [-0.15, -0.1) is 0 Å². The quantitative estimate of drug-likeness (QED) is 0.678. The zero-order valence-electron chi connectivity index (χ0n) is 7.93. The number of amides is 1. The summed E-state index contributed by atoms with van der Waals surface area (Å²) in [6.07, 6.45) is 1.55. The molecular weight excluding hydrogens is 190 g/mol. The van der Waals surface area contributed by atoms with Gasteiger partial charge in [-0.3, -0.25) is 4.79 Å². The highest BCUT2D eigenvalue weighted by atomic mass is 19.3. The van der Waals surface area contributed by atoms with E-state index < -0.39 is 12.5 Å². The lowest BCUT2D eigenvalue weighted by Gasteiger charge is -2.20. The standard InChI is InChI=1S/C9H14F2N2O/c10-9(11)3-5-13(6-9)8(14)7-2-1-4-12-7/h7,12H,1-6H2/t7-/m0/s1. The topological polar surface area (TPSA) is 32.3 Å². The predicted octanol–water partition coefficient (Wildman–Crippen LogP) is 0.606. The number of hydrogen-bond donors (Lipinski definition) is 1. The summed E-state index contributed by atoms with van der Waals surface area (Å²) in [7, 11) is 0. The van der Waals surface area contributed by atoms with Gasteiger partial charge < -0.3 is 10.2 Å². The zero-order chi connectivity index (χ0) is 10.2. The summed E-state index contributed by atoms with van der Waals surface area (Å²) in [5.74, 6) is -2.83. The Bertz CT molecular complexity index is 239. The van der Waals surface area contributed by atoms with Gasteiger partial charge in [-0.2, -0.15) is 0 Å². The fraction of sp³-hybridized carbons (Fsp3) is 0.889. The first kappa shape index (κ1) is 9.83. The van der Waals surface area contributed by atoms with E-state index >= 15 is 0 Å². The van der Waals surface area contributed by atoms with Crippen molar-refractivity contribution in [2.24, 2.45) is 0 Å². The molecule has 0 spiro atoms. The molecule has 0 aromatic heterocycles. The predicted molar refractivity (Wildman–Crippen MR) is 47.2 cm³/mol. The molecule has 0 saturated carbocycles. The van der Waals surface area contributed by atoms with Crippen LogP contribution in [-0.2, 0) is 4.79 Å². The van der Waals surface area contributed by atoms with Gasteiger partial charge >= 0.3 is 0 Å². The Morgan fingerprint density at radius 1 is 1.50 bits per heavy atom. The Kier molecular flexibility index (Phi) is 2.43. The Balaban J connectivity index is 1.92.